The van der Waals surface area contributed by atoms with Crippen molar-refractivity contribution in [3.05, 3.63) is 39.4 Å². The van der Waals surface area contributed by atoms with Crippen molar-refractivity contribution < 1.29 is 14.5 Å². The van der Waals surface area contributed by atoms with Crippen molar-refractivity contribution in [2.45, 2.75) is 13.3 Å². The smallest absolute Gasteiger partial charge is 0.282 e. The number of hydrogen-bond donors (Lipinski definition) is 1. The van der Waals surface area contributed by atoms with Gasteiger partial charge in [-0.3, -0.25) is 14.9 Å². The summed E-state index contributed by atoms with van der Waals surface area (Å²) >= 11 is 3.24. The van der Waals surface area contributed by atoms with Crippen LogP contribution >= 0.6 is 15.9 Å². The lowest BCUT2D eigenvalue weighted by atomic mass is 10.1. The zero-order valence-electron chi connectivity index (χ0n) is 11.2. The maximum absolute atomic E-state index is 12.0. The third-order valence-electron chi connectivity index (χ3n) is 2.65. The molecule has 7 heteroatoms. The molecule has 0 aliphatic heterocycles. The molecule has 0 radical (unpaired) electrons. The fourth-order valence-electron chi connectivity index (χ4n) is 1.72. The molecular formula is C13H17BrN2O4. The Hall–Kier alpha value is -1.47. The summed E-state index contributed by atoms with van der Waals surface area (Å²) in [5.41, 5.74) is 0.546. The summed E-state index contributed by atoms with van der Waals surface area (Å²) in [4.78, 5) is 22.4. The summed E-state index contributed by atoms with van der Waals surface area (Å²) < 4.78 is 5.25. The van der Waals surface area contributed by atoms with Crippen LogP contribution in [0.15, 0.2) is 18.2 Å². The molecule has 6 nitrogen and oxygen atoms in total. The number of ether oxygens (including phenoxy) is 1. The van der Waals surface area contributed by atoms with Gasteiger partial charge in [-0.2, -0.15) is 0 Å². The van der Waals surface area contributed by atoms with Gasteiger partial charge in [0.15, 0.2) is 0 Å². The number of rotatable bonds is 8. The largest absolute Gasteiger partial charge is 0.381 e. The number of amides is 1. The van der Waals surface area contributed by atoms with E-state index in [1.54, 1.807) is 19.1 Å². The van der Waals surface area contributed by atoms with Crippen LogP contribution in [0.5, 0.6) is 0 Å². The highest BCUT2D eigenvalue weighted by Crippen LogP contribution is 2.21. The summed E-state index contributed by atoms with van der Waals surface area (Å²) in [6.45, 7) is 3.27. The minimum absolute atomic E-state index is 0.124. The van der Waals surface area contributed by atoms with Crippen molar-refractivity contribution in [2.24, 2.45) is 0 Å². The number of nitrogens with one attached hydrogen (secondary N) is 1. The van der Waals surface area contributed by atoms with Crippen LogP contribution in [0.1, 0.15) is 22.3 Å². The van der Waals surface area contributed by atoms with Gasteiger partial charge in [0.25, 0.3) is 11.6 Å². The zero-order chi connectivity index (χ0) is 15.0. The molecule has 0 aliphatic carbocycles. The quantitative estimate of drug-likeness (QED) is 0.340. The van der Waals surface area contributed by atoms with E-state index in [1.165, 1.54) is 6.07 Å². The third kappa shape index (κ3) is 4.90. The van der Waals surface area contributed by atoms with Gasteiger partial charge in [-0.15, -0.1) is 0 Å². The Morgan fingerprint density at radius 2 is 2.20 bits per heavy atom. The van der Waals surface area contributed by atoms with E-state index in [4.69, 9.17) is 4.74 Å². The first-order valence-corrected chi connectivity index (χ1v) is 7.36. The Kier molecular flexibility index (Phi) is 7.17. The number of halogens is 1. The predicted molar refractivity (Wildman–Crippen MR) is 79.4 cm³/mol. The predicted octanol–water partition coefficient (Wildman–Crippen LogP) is 2.43. The number of aryl methyl sites for hydroxylation is 1. The highest BCUT2D eigenvalue weighted by Gasteiger charge is 2.21. The second-order valence-electron chi connectivity index (χ2n) is 4.14. The van der Waals surface area contributed by atoms with Crippen molar-refractivity contribution in [3.8, 4) is 0 Å². The lowest BCUT2D eigenvalue weighted by Gasteiger charge is -2.08. The molecular weight excluding hydrogens is 328 g/mol. The number of carbonyl (C=O) groups is 1. The van der Waals surface area contributed by atoms with Crippen LogP contribution < -0.4 is 5.32 Å². The molecule has 0 heterocycles. The molecule has 0 fully saturated rings. The lowest BCUT2D eigenvalue weighted by molar-refractivity contribution is -0.385. The highest BCUT2D eigenvalue weighted by atomic mass is 79.9. The molecule has 0 spiro atoms. The molecule has 1 aromatic carbocycles. The van der Waals surface area contributed by atoms with Gasteiger partial charge in [0.1, 0.15) is 5.56 Å². The van der Waals surface area contributed by atoms with E-state index in [0.29, 0.717) is 31.7 Å². The number of nitro benzene ring substituents is 1. The van der Waals surface area contributed by atoms with Crippen LogP contribution in [0.3, 0.4) is 0 Å². The molecule has 1 N–H and O–H groups in total. The van der Waals surface area contributed by atoms with E-state index in [0.717, 1.165) is 5.33 Å². The summed E-state index contributed by atoms with van der Waals surface area (Å²) in [6, 6.07) is 4.58. The van der Waals surface area contributed by atoms with Crippen molar-refractivity contribution in [1.29, 1.82) is 0 Å². The van der Waals surface area contributed by atoms with E-state index >= 15 is 0 Å². The second kappa shape index (κ2) is 8.65. The average Bonchev–Trinajstić information content (AvgIpc) is 2.42. The number of benzene rings is 1. The minimum Gasteiger partial charge on any atom is -0.381 e. The molecule has 0 aromatic heterocycles. The van der Waals surface area contributed by atoms with Crippen molar-refractivity contribution in [1.82, 2.24) is 5.32 Å². The van der Waals surface area contributed by atoms with Gasteiger partial charge in [-0.25, -0.2) is 0 Å². The first kappa shape index (κ1) is 16.6. The van der Waals surface area contributed by atoms with Crippen molar-refractivity contribution in [2.75, 3.05) is 25.1 Å². The molecule has 0 saturated carbocycles. The van der Waals surface area contributed by atoms with Crippen LogP contribution in [-0.4, -0.2) is 35.9 Å². The maximum atomic E-state index is 12.0. The number of alkyl halides is 1. The van der Waals surface area contributed by atoms with E-state index in [-0.39, 0.29) is 11.3 Å². The van der Waals surface area contributed by atoms with Crippen LogP contribution in [0.25, 0.3) is 0 Å². The van der Waals surface area contributed by atoms with Gasteiger partial charge in [0.05, 0.1) is 11.5 Å². The minimum atomic E-state index is -0.541. The van der Waals surface area contributed by atoms with Crippen LogP contribution in [0.4, 0.5) is 5.69 Å². The van der Waals surface area contributed by atoms with Gasteiger partial charge < -0.3 is 10.1 Å². The van der Waals surface area contributed by atoms with Gasteiger partial charge in [0, 0.05) is 24.5 Å². The number of carbonyl (C=O) groups excluding carboxylic acids is 1. The zero-order valence-corrected chi connectivity index (χ0v) is 12.8. The van der Waals surface area contributed by atoms with Crippen LogP contribution in [0, 0.1) is 17.0 Å². The number of nitrogens with zero attached hydrogens (tertiary/aromatic N) is 1. The van der Waals surface area contributed by atoms with Gasteiger partial charge in [0.2, 0.25) is 0 Å². The summed E-state index contributed by atoms with van der Waals surface area (Å²) in [5.74, 6) is -0.421. The first-order chi connectivity index (χ1) is 9.57. The molecule has 0 unspecified atom stereocenters. The fourth-order valence-corrected chi connectivity index (χ4v) is 1.95. The van der Waals surface area contributed by atoms with Gasteiger partial charge >= 0.3 is 0 Å². The Morgan fingerprint density at radius 3 is 2.85 bits per heavy atom. The molecule has 0 bridgehead atoms. The Labute approximate surface area is 125 Å². The van der Waals surface area contributed by atoms with E-state index in [9.17, 15) is 14.9 Å². The lowest BCUT2D eigenvalue weighted by Crippen LogP contribution is -2.26. The standard InChI is InChI=1S/C13H17BrN2O4/c1-10-4-2-5-11(16(18)19)12(10)13(17)15-7-3-8-20-9-6-14/h2,4-5H,3,6-9H2,1H3,(H,15,17). The molecule has 1 aromatic rings. The third-order valence-corrected chi connectivity index (χ3v) is 2.97. The second-order valence-corrected chi connectivity index (χ2v) is 4.93. The summed E-state index contributed by atoms with van der Waals surface area (Å²) in [5, 5.41) is 14.4. The van der Waals surface area contributed by atoms with Gasteiger partial charge in [-0.05, 0) is 18.9 Å². The van der Waals surface area contributed by atoms with Crippen LogP contribution in [0.2, 0.25) is 0 Å². The van der Waals surface area contributed by atoms with Crippen molar-refractivity contribution in [3.63, 3.8) is 0 Å². The monoisotopic (exact) mass is 344 g/mol. The molecule has 0 saturated heterocycles. The Bertz CT molecular complexity index is 479. The highest BCUT2D eigenvalue weighted by molar-refractivity contribution is 9.09. The average molecular weight is 345 g/mol. The summed E-state index contributed by atoms with van der Waals surface area (Å²) in [6.07, 6.45) is 0.665. The summed E-state index contributed by atoms with van der Waals surface area (Å²) in [7, 11) is 0. The van der Waals surface area contributed by atoms with Crippen molar-refractivity contribution >= 4 is 27.5 Å². The van der Waals surface area contributed by atoms with Gasteiger partial charge in [-0.1, -0.05) is 28.1 Å². The molecule has 0 aliphatic rings. The molecule has 1 amide bonds. The van der Waals surface area contributed by atoms with E-state index < -0.39 is 10.8 Å². The maximum Gasteiger partial charge on any atom is 0.282 e. The molecule has 1 rings (SSSR count). The van der Waals surface area contributed by atoms with Crippen LogP contribution in [-0.2, 0) is 4.74 Å². The topological polar surface area (TPSA) is 81.5 Å². The Morgan fingerprint density at radius 1 is 1.45 bits per heavy atom. The Balaban J connectivity index is 2.57. The SMILES string of the molecule is Cc1cccc([N+](=O)[O-])c1C(=O)NCCCOCCBr. The first-order valence-electron chi connectivity index (χ1n) is 6.24. The molecule has 20 heavy (non-hydrogen) atoms. The molecule has 110 valence electrons. The number of nitro groups is 1. The number of hydrogen-bond acceptors (Lipinski definition) is 4. The fraction of sp³-hybridized carbons (Fsp3) is 0.462. The molecule has 0 atom stereocenters. The van der Waals surface area contributed by atoms with E-state index in [1.807, 2.05) is 0 Å². The van der Waals surface area contributed by atoms with E-state index in [2.05, 4.69) is 21.2 Å². The normalized spacial score (nSPS) is 10.3.